The Morgan fingerprint density at radius 3 is 2.86 bits per heavy atom. The molecule has 0 N–H and O–H groups in total. The second-order valence-corrected chi connectivity index (χ2v) is 4.77. The van der Waals surface area contributed by atoms with E-state index in [0.717, 1.165) is 5.52 Å². The first-order valence-electron chi connectivity index (χ1n) is 5.16. The van der Waals surface area contributed by atoms with E-state index in [9.17, 15) is 0 Å². The molecule has 0 aliphatic rings. The first-order valence-corrected chi connectivity index (χ1v) is 5.98. The molecular formula is C12H15NS. The van der Waals surface area contributed by atoms with Crippen LogP contribution in [0.15, 0.2) is 24.3 Å². The number of hydrogen-bond donors (Lipinski definition) is 0. The number of benzene rings is 1. The Hall–Kier alpha value is -0.890. The van der Waals surface area contributed by atoms with E-state index in [0.29, 0.717) is 5.92 Å². The van der Waals surface area contributed by atoms with Gasteiger partial charge in [0, 0.05) is 5.92 Å². The summed E-state index contributed by atoms with van der Waals surface area (Å²) in [6, 6.07) is 8.37. The van der Waals surface area contributed by atoms with Crippen molar-refractivity contribution >= 4 is 21.6 Å². The number of aromatic nitrogens is 1. The van der Waals surface area contributed by atoms with Crippen LogP contribution in [0.1, 0.15) is 37.6 Å². The van der Waals surface area contributed by atoms with Crippen molar-refractivity contribution in [3.8, 4) is 0 Å². The zero-order chi connectivity index (χ0) is 9.97. The molecule has 0 amide bonds. The Labute approximate surface area is 88.8 Å². The Morgan fingerprint density at radius 2 is 2.14 bits per heavy atom. The molecule has 0 fully saturated rings. The monoisotopic (exact) mass is 205 g/mol. The number of hydrogen-bond acceptors (Lipinski definition) is 2. The van der Waals surface area contributed by atoms with Gasteiger partial charge in [0.25, 0.3) is 0 Å². The second-order valence-electron chi connectivity index (χ2n) is 3.71. The molecule has 74 valence electrons. The summed E-state index contributed by atoms with van der Waals surface area (Å²) in [5.41, 5.74) is 1.15. The molecule has 0 aliphatic heterocycles. The zero-order valence-corrected chi connectivity index (χ0v) is 9.47. The molecule has 2 rings (SSSR count). The molecule has 14 heavy (non-hydrogen) atoms. The highest BCUT2D eigenvalue weighted by Gasteiger charge is 2.09. The standard InChI is InChI=1S/C12H15NS/c1-3-6-9(2)12-13-10-7-4-5-8-11(10)14-12/h4-5,7-9H,3,6H2,1-2H3. The molecule has 1 atom stereocenters. The summed E-state index contributed by atoms with van der Waals surface area (Å²) in [6.45, 7) is 4.49. The van der Waals surface area contributed by atoms with Gasteiger partial charge in [-0.2, -0.15) is 0 Å². The van der Waals surface area contributed by atoms with E-state index in [4.69, 9.17) is 0 Å². The van der Waals surface area contributed by atoms with Crippen LogP contribution in [0, 0.1) is 0 Å². The molecule has 0 saturated carbocycles. The quantitative estimate of drug-likeness (QED) is 0.731. The highest BCUT2D eigenvalue weighted by molar-refractivity contribution is 7.18. The Morgan fingerprint density at radius 1 is 1.36 bits per heavy atom. The topological polar surface area (TPSA) is 12.9 Å². The summed E-state index contributed by atoms with van der Waals surface area (Å²) in [4.78, 5) is 4.65. The van der Waals surface area contributed by atoms with Gasteiger partial charge in [0.15, 0.2) is 0 Å². The maximum Gasteiger partial charge on any atom is 0.0966 e. The number of thiazole rings is 1. The highest BCUT2D eigenvalue weighted by Crippen LogP contribution is 2.29. The zero-order valence-electron chi connectivity index (χ0n) is 8.66. The molecule has 0 saturated heterocycles. The van der Waals surface area contributed by atoms with Gasteiger partial charge in [-0.3, -0.25) is 0 Å². The van der Waals surface area contributed by atoms with Gasteiger partial charge in [0.2, 0.25) is 0 Å². The Balaban J connectivity index is 2.35. The second kappa shape index (κ2) is 4.09. The average molecular weight is 205 g/mol. The van der Waals surface area contributed by atoms with Crippen LogP contribution in [0.3, 0.4) is 0 Å². The van der Waals surface area contributed by atoms with Crippen molar-refractivity contribution in [2.24, 2.45) is 0 Å². The molecule has 1 nitrogen and oxygen atoms in total. The Bertz CT molecular complexity index is 386. The van der Waals surface area contributed by atoms with E-state index in [2.05, 4.69) is 43.1 Å². The predicted octanol–water partition coefficient (Wildman–Crippen LogP) is 4.20. The van der Waals surface area contributed by atoms with E-state index in [1.54, 1.807) is 0 Å². The number of para-hydroxylation sites is 1. The molecule has 2 heteroatoms. The van der Waals surface area contributed by atoms with E-state index >= 15 is 0 Å². The smallest absolute Gasteiger partial charge is 0.0966 e. The van der Waals surface area contributed by atoms with E-state index in [1.807, 2.05) is 11.3 Å². The van der Waals surface area contributed by atoms with E-state index in [1.165, 1.54) is 22.5 Å². The van der Waals surface area contributed by atoms with Crippen LogP contribution >= 0.6 is 11.3 Å². The number of rotatable bonds is 3. The van der Waals surface area contributed by atoms with Gasteiger partial charge >= 0.3 is 0 Å². The summed E-state index contributed by atoms with van der Waals surface area (Å²) < 4.78 is 1.31. The van der Waals surface area contributed by atoms with Crippen molar-refractivity contribution in [2.45, 2.75) is 32.6 Å². The average Bonchev–Trinajstić information content (AvgIpc) is 2.61. The van der Waals surface area contributed by atoms with Crippen LogP contribution in [0.5, 0.6) is 0 Å². The summed E-state index contributed by atoms with van der Waals surface area (Å²) in [6.07, 6.45) is 2.47. The van der Waals surface area contributed by atoms with Gasteiger partial charge in [-0.1, -0.05) is 32.4 Å². The fraction of sp³-hybridized carbons (Fsp3) is 0.417. The van der Waals surface area contributed by atoms with Crippen LogP contribution in [0.2, 0.25) is 0 Å². The van der Waals surface area contributed by atoms with Crippen molar-refractivity contribution in [1.29, 1.82) is 0 Å². The lowest BCUT2D eigenvalue weighted by Gasteiger charge is -2.03. The van der Waals surface area contributed by atoms with Gasteiger partial charge in [0.1, 0.15) is 0 Å². The minimum Gasteiger partial charge on any atom is -0.241 e. The van der Waals surface area contributed by atoms with Crippen molar-refractivity contribution in [1.82, 2.24) is 4.98 Å². The molecule has 1 aromatic heterocycles. The number of nitrogens with zero attached hydrogens (tertiary/aromatic N) is 1. The third kappa shape index (κ3) is 1.80. The lowest BCUT2D eigenvalue weighted by Crippen LogP contribution is -1.90. The van der Waals surface area contributed by atoms with Crippen LogP contribution in [-0.2, 0) is 0 Å². The van der Waals surface area contributed by atoms with Crippen molar-refractivity contribution < 1.29 is 0 Å². The molecule has 1 heterocycles. The molecule has 2 aromatic rings. The summed E-state index contributed by atoms with van der Waals surface area (Å²) in [7, 11) is 0. The molecular weight excluding hydrogens is 190 g/mol. The normalized spacial score (nSPS) is 13.3. The molecule has 0 spiro atoms. The molecule has 0 bridgehead atoms. The Kier molecular flexibility index (Phi) is 2.82. The summed E-state index contributed by atoms with van der Waals surface area (Å²) in [5, 5.41) is 1.29. The van der Waals surface area contributed by atoms with Crippen molar-refractivity contribution in [2.75, 3.05) is 0 Å². The minimum absolute atomic E-state index is 0.609. The third-order valence-electron chi connectivity index (χ3n) is 2.45. The van der Waals surface area contributed by atoms with Crippen LogP contribution in [0.4, 0.5) is 0 Å². The highest BCUT2D eigenvalue weighted by atomic mass is 32.1. The molecule has 1 unspecified atom stereocenters. The van der Waals surface area contributed by atoms with E-state index in [-0.39, 0.29) is 0 Å². The number of fused-ring (bicyclic) bond motifs is 1. The van der Waals surface area contributed by atoms with Crippen LogP contribution < -0.4 is 0 Å². The fourth-order valence-electron chi connectivity index (χ4n) is 1.66. The maximum atomic E-state index is 4.65. The largest absolute Gasteiger partial charge is 0.241 e. The maximum absolute atomic E-state index is 4.65. The molecule has 0 aliphatic carbocycles. The van der Waals surface area contributed by atoms with Crippen molar-refractivity contribution in [3.05, 3.63) is 29.3 Å². The fourth-order valence-corrected chi connectivity index (χ4v) is 2.71. The summed E-state index contributed by atoms with van der Waals surface area (Å²) in [5.74, 6) is 0.609. The minimum atomic E-state index is 0.609. The van der Waals surface area contributed by atoms with Gasteiger partial charge in [-0.25, -0.2) is 4.98 Å². The third-order valence-corrected chi connectivity index (χ3v) is 3.72. The lowest BCUT2D eigenvalue weighted by atomic mass is 10.1. The van der Waals surface area contributed by atoms with Crippen LogP contribution in [0.25, 0.3) is 10.2 Å². The van der Waals surface area contributed by atoms with Crippen molar-refractivity contribution in [3.63, 3.8) is 0 Å². The first-order chi connectivity index (χ1) is 6.81. The molecule has 0 radical (unpaired) electrons. The van der Waals surface area contributed by atoms with E-state index < -0.39 is 0 Å². The van der Waals surface area contributed by atoms with Crippen LogP contribution in [-0.4, -0.2) is 4.98 Å². The van der Waals surface area contributed by atoms with Gasteiger partial charge in [-0.05, 0) is 18.6 Å². The van der Waals surface area contributed by atoms with Gasteiger partial charge < -0.3 is 0 Å². The lowest BCUT2D eigenvalue weighted by molar-refractivity contribution is 0.662. The SMILES string of the molecule is CCCC(C)c1nc2ccccc2s1. The summed E-state index contributed by atoms with van der Waals surface area (Å²) >= 11 is 1.83. The molecule has 1 aromatic carbocycles. The van der Waals surface area contributed by atoms with Gasteiger partial charge in [0.05, 0.1) is 15.2 Å². The first kappa shape index (κ1) is 9.66. The van der Waals surface area contributed by atoms with Gasteiger partial charge in [-0.15, -0.1) is 11.3 Å². The predicted molar refractivity (Wildman–Crippen MR) is 62.9 cm³/mol.